The van der Waals surface area contributed by atoms with Crippen LogP contribution in [-0.4, -0.2) is 30.5 Å². The summed E-state index contributed by atoms with van der Waals surface area (Å²) in [6, 6.07) is 5.71. The van der Waals surface area contributed by atoms with Crippen molar-refractivity contribution in [3.63, 3.8) is 0 Å². The van der Waals surface area contributed by atoms with Gasteiger partial charge in [0.15, 0.2) is 0 Å². The summed E-state index contributed by atoms with van der Waals surface area (Å²) < 4.78 is 28.3. The normalized spacial score (nSPS) is 23.8. The van der Waals surface area contributed by atoms with Gasteiger partial charge in [-0.15, -0.1) is 0 Å². The third-order valence-electron chi connectivity index (χ3n) is 3.07. The lowest BCUT2D eigenvalue weighted by Crippen LogP contribution is -2.30. The lowest BCUT2D eigenvalue weighted by atomic mass is 10.0. The van der Waals surface area contributed by atoms with Crippen LogP contribution in [0.5, 0.6) is 5.75 Å². The molecule has 1 fully saturated rings. The number of hydrogen-bond donors (Lipinski definition) is 1. The Morgan fingerprint density at radius 2 is 2.00 bits per heavy atom. The van der Waals surface area contributed by atoms with Gasteiger partial charge in [-0.1, -0.05) is 12.1 Å². The van der Waals surface area contributed by atoms with Crippen molar-refractivity contribution in [1.82, 2.24) is 4.90 Å². The van der Waals surface area contributed by atoms with Crippen LogP contribution in [0.2, 0.25) is 0 Å². The SMILES string of the molecule is CN1C(=O)C[C@H](N)[C@H]1c1ccc(OC(F)F)cc1. The zero-order valence-corrected chi connectivity index (χ0v) is 9.85. The Morgan fingerprint density at radius 1 is 1.39 bits per heavy atom. The molecule has 4 nitrogen and oxygen atoms in total. The molecule has 6 heteroatoms. The second-order valence-corrected chi connectivity index (χ2v) is 4.26. The van der Waals surface area contributed by atoms with Gasteiger partial charge >= 0.3 is 6.61 Å². The summed E-state index contributed by atoms with van der Waals surface area (Å²) in [4.78, 5) is 13.1. The number of alkyl halides is 2. The topological polar surface area (TPSA) is 55.6 Å². The molecule has 98 valence electrons. The van der Waals surface area contributed by atoms with Gasteiger partial charge in [0, 0.05) is 19.5 Å². The average molecular weight is 256 g/mol. The molecule has 1 aliphatic rings. The van der Waals surface area contributed by atoms with Crippen LogP contribution in [0.25, 0.3) is 0 Å². The molecule has 18 heavy (non-hydrogen) atoms. The molecule has 1 aromatic rings. The lowest BCUT2D eigenvalue weighted by molar-refractivity contribution is -0.127. The molecule has 0 aliphatic carbocycles. The number of ether oxygens (including phenoxy) is 1. The summed E-state index contributed by atoms with van der Waals surface area (Å²) in [5.41, 5.74) is 6.71. The molecule has 2 N–H and O–H groups in total. The van der Waals surface area contributed by atoms with Crippen LogP contribution < -0.4 is 10.5 Å². The molecule has 1 aromatic carbocycles. The molecule has 1 saturated heterocycles. The molecule has 1 aliphatic heterocycles. The molecular weight excluding hydrogens is 242 g/mol. The van der Waals surface area contributed by atoms with E-state index >= 15 is 0 Å². The van der Waals surface area contributed by atoms with Gasteiger partial charge in [-0.25, -0.2) is 0 Å². The van der Waals surface area contributed by atoms with Gasteiger partial charge in [0.05, 0.1) is 6.04 Å². The number of halogens is 2. The molecule has 0 bridgehead atoms. The minimum Gasteiger partial charge on any atom is -0.435 e. The highest BCUT2D eigenvalue weighted by molar-refractivity contribution is 5.80. The van der Waals surface area contributed by atoms with E-state index < -0.39 is 6.61 Å². The maximum atomic E-state index is 12.0. The fourth-order valence-electron chi connectivity index (χ4n) is 2.22. The van der Waals surface area contributed by atoms with E-state index in [9.17, 15) is 13.6 Å². The van der Waals surface area contributed by atoms with Gasteiger partial charge in [-0.3, -0.25) is 4.79 Å². The average Bonchev–Trinajstić information content (AvgIpc) is 2.54. The summed E-state index contributed by atoms with van der Waals surface area (Å²) in [5.74, 6) is 0.0784. The Labute approximate surface area is 103 Å². The summed E-state index contributed by atoms with van der Waals surface area (Å²) in [6.45, 7) is -2.84. The van der Waals surface area contributed by atoms with Gasteiger partial charge in [-0.2, -0.15) is 8.78 Å². The Balaban J connectivity index is 2.17. The Bertz CT molecular complexity index is 436. The summed E-state index contributed by atoms with van der Waals surface area (Å²) in [5, 5.41) is 0. The quantitative estimate of drug-likeness (QED) is 0.892. The summed E-state index contributed by atoms with van der Waals surface area (Å²) in [6.07, 6.45) is 0.302. The maximum Gasteiger partial charge on any atom is 0.387 e. The largest absolute Gasteiger partial charge is 0.435 e. The van der Waals surface area contributed by atoms with Crippen molar-refractivity contribution >= 4 is 5.91 Å². The van der Waals surface area contributed by atoms with E-state index in [0.29, 0.717) is 6.42 Å². The predicted molar refractivity (Wildman–Crippen MR) is 61.2 cm³/mol. The minimum atomic E-state index is -2.84. The van der Waals surface area contributed by atoms with Crippen LogP contribution in [0, 0.1) is 0 Å². The third kappa shape index (κ3) is 2.43. The molecule has 1 amide bonds. The molecule has 0 spiro atoms. The molecule has 0 saturated carbocycles. The van der Waals surface area contributed by atoms with Crippen LogP contribution in [0.4, 0.5) is 8.78 Å². The smallest absolute Gasteiger partial charge is 0.387 e. The Hall–Kier alpha value is -1.69. The number of nitrogens with two attached hydrogens (primary N) is 1. The monoisotopic (exact) mass is 256 g/mol. The van der Waals surface area contributed by atoms with E-state index in [4.69, 9.17) is 5.73 Å². The van der Waals surface area contributed by atoms with E-state index in [1.54, 1.807) is 24.1 Å². The predicted octanol–water partition coefficient (Wildman–Crippen LogP) is 1.52. The standard InChI is InChI=1S/C12H14F2N2O2/c1-16-10(17)6-9(15)11(16)7-2-4-8(5-3-7)18-12(13)14/h2-5,9,11-12H,6,15H2,1H3/t9-,11+/m0/s1. The van der Waals surface area contributed by atoms with E-state index in [1.807, 2.05) is 0 Å². The van der Waals surface area contributed by atoms with E-state index in [0.717, 1.165) is 5.56 Å². The van der Waals surface area contributed by atoms with Crippen molar-refractivity contribution in [3.8, 4) is 5.75 Å². The molecule has 2 rings (SSSR count). The Kier molecular flexibility index (Phi) is 3.47. The van der Waals surface area contributed by atoms with Crippen molar-refractivity contribution < 1.29 is 18.3 Å². The maximum absolute atomic E-state index is 12.0. The van der Waals surface area contributed by atoms with Crippen LogP contribution >= 0.6 is 0 Å². The fourth-order valence-corrected chi connectivity index (χ4v) is 2.22. The molecular formula is C12H14F2N2O2. The van der Waals surface area contributed by atoms with Crippen LogP contribution in [0.15, 0.2) is 24.3 Å². The van der Waals surface area contributed by atoms with E-state index in [1.165, 1.54) is 12.1 Å². The third-order valence-corrected chi connectivity index (χ3v) is 3.07. The van der Waals surface area contributed by atoms with Crippen molar-refractivity contribution in [2.24, 2.45) is 5.73 Å². The van der Waals surface area contributed by atoms with Crippen molar-refractivity contribution in [2.75, 3.05) is 7.05 Å². The molecule has 0 aromatic heterocycles. The Morgan fingerprint density at radius 3 is 2.44 bits per heavy atom. The number of likely N-dealkylation sites (tertiary alicyclic amines) is 1. The highest BCUT2D eigenvalue weighted by Crippen LogP contribution is 2.31. The number of amides is 1. The zero-order valence-electron chi connectivity index (χ0n) is 9.85. The van der Waals surface area contributed by atoms with Gasteiger partial charge in [-0.05, 0) is 17.7 Å². The lowest BCUT2D eigenvalue weighted by Gasteiger charge is -2.23. The number of benzene rings is 1. The van der Waals surface area contributed by atoms with Gasteiger partial charge in [0.1, 0.15) is 5.75 Å². The van der Waals surface area contributed by atoms with Crippen LogP contribution in [-0.2, 0) is 4.79 Å². The van der Waals surface area contributed by atoms with Crippen LogP contribution in [0.3, 0.4) is 0 Å². The first-order valence-corrected chi connectivity index (χ1v) is 5.55. The zero-order chi connectivity index (χ0) is 13.3. The highest BCUT2D eigenvalue weighted by Gasteiger charge is 2.35. The summed E-state index contributed by atoms with van der Waals surface area (Å²) in [7, 11) is 1.68. The highest BCUT2D eigenvalue weighted by atomic mass is 19.3. The van der Waals surface area contributed by atoms with Gasteiger partial charge in [0.2, 0.25) is 5.91 Å². The van der Waals surface area contributed by atoms with Gasteiger partial charge < -0.3 is 15.4 Å². The fraction of sp³-hybridized carbons (Fsp3) is 0.417. The first-order chi connectivity index (χ1) is 8.49. The first-order valence-electron chi connectivity index (χ1n) is 5.55. The summed E-state index contributed by atoms with van der Waals surface area (Å²) >= 11 is 0. The molecule has 2 atom stereocenters. The number of carbonyl (C=O) groups excluding carboxylic acids is 1. The number of likely N-dealkylation sites (N-methyl/N-ethyl adjacent to an activating group) is 1. The van der Waals surface area contributed by atoms with Crippen LogP contribution in [0.1, 0.15) is 18.0 Å². The van der Waals surface area contributed by atoms with Crippen molar-refractivity contribution in [2.45, 2.75) is 25.1 Å². The minimum absolute atomic E-state index is 0.0135. The molecule has 1 heterocycles. The van der Waals surface area contributed by atoms with E-state index in [2.05, 4.69) is 4.74 Å². The second kappa shape index (κ2) is 4.89. The number of hydrogen-bond acceptors (Lipinski definition) is 3. The van der Waals surface area contributed by atoms with Crippen molar-refractivity contribution in [1.29, 1.82) is 0 Å². The van der Waals surface area contributed by atoms with E-state index in [-0.39, 0.29) is 23.7 Å². The molecule has 0 unspecified atom stereocenters. The second-order valence-electron chi connectivity index (χ2n) is 4.26. The van der Waals surface area contributed by atoms with Crippen molar-refractivity contribution in [3.05, 3.63) is 29.8 Å². The van der Waals surface area contributed by atoms with Gasteiger partial charge in [0.25, 0.3) is 0 Å². The number of carbonyl (C=O) groups is 1. The number of nitrogens with zero attached hydrogens (tertiary/aromatic N) is 1. The molecule has 0 radical (unpaired) electrons. The number of rotatable bonds is 3. The first kappa shape index (κ1) is 12.8.